The highest BCUT2D eigenvalue weighted by Crippen LogP contribution is 2.18. The van der Waals surface area contributed by atoms with Gasteiger partial charge < -0.3 is 4.57 Å². The van der Waals surface area contributed by atoms with Crippen LogP contribution in [0.15, 0.2) is 47.5 Å². The van der Waals surface area contributed by atoms with Crippen LogP contribution in [0.4, 0.5) is 5.69 Å². The predicted molar refractivity (Wildman–Crippen MR) is 88.5 cm³/mol. The third kappa shape index (κ3) is 2.91. The molecular formula is C16H13N3O3S. The normalized spacial score (nSPS) is 11.8. The maximum atomic E-state index is 12.3. The minimum Gasteiger partial charge on any atom is -0.319 e. The summed E-state index contributed by atoms with van der Waals surface area (Å²) in [6.07, 6.45) is 0. The Hall–Kier alpha value is -2.80. The van der Waals surface area contributed by atoms with Crippen LogP contribution in [-0.4, -0.2) is 15.4 Å². The molecule has 0 aliphatic rings. The van der Waals surface area contributed by atoms with E-state index in [1.54, 1.807) is 0 Å². The molecule has 3 aromatic rings. The standard InChI is InChI=1S/C16H13N3O3S/c1-10-6-7-13-14(8-10)23-16(18(13)2)17-15(20)11-4-3-5-12(9-11)19(21)22/h3-9H,1-2H3. The Morgan fingerprint density at radius 1 is 1.26 bits per heavy atom. The van der Waals surface area contributed by atoms with Gasteiger partial charge in [0, 0.05) is 24.7 Å². The smallest absolute Gasteiger partial charge is 0.279 e. The molecule has 0 radical (unpaired) electrons. The average molecular weight is 327 g/mol. The lowest BCUT2D eigenvalue weighted by Crippen LogP contribution is -2.13. The Kier molecular flexibility index (Phi) is 3.79. The van der Waals surface area contributed by atoms with Gasteiger partial charge in [-0.15, -0.1) is 0 Å². The predicted octanol–water partition coefficient (Wildman–Crippen LogP) is 3.20. The molecule has 1 amide bonds. The number of thiazole rings is 1. The molecule has 6 nitrogen and oxygen atoms in total. The number of aromatic nitrogens is 1. The Bertz CT molecular complexity index is 1000. The Labute approximate surface area is 135 Å². The van der Waals surface area contributed by atoms with E-state index in [4.69, 9.17) is 0 Å². The third-order valence-electron chi connectivity index (χ3n) is 3.47. The van der Waals surface area contributed by atoms with E-state index >= 15 is 0 Å². The third-order valence-corrected chi connectivity index (χ3v) is 4.56. The topological polar surface area (TPSA) is 77.5 Å². The molecule has 7 heteroatoms. The van der Waals surface area contributed by atoms with Crippen LogP contribution in [0.1, 0.15) is 15.9 Å². The van der Waals surface area contributed by atoms with E-state index in [1.165, 1.54) is 35.6 Å². The number of aryl methyl sites for hydroxylation is 2. The van der Waals surface area contributed by atoms with Crippen LogP contribution in [-0.2, 0) is 7.05 Å². The van der Waals surface area contributed by atoms with Crippen molar-refractivity contribution in [3.63, 3.8) is 0 Å². The van der Waals surface area contributed by atoms with E-state index in [9.17, 15) is 14.9 Å². The number of hydrogen-bond donors (Lipinski definition) is 0. The van der Waals surface area contributed by atoms with Crippen molar-refractivity contribution < 1.29 is 9.72 Å². The number of fused-ring (bicyclic) bond motifs is 1. The molecule has 0 saturated heterocycles. The zero-order valence-corrected chi connectivity index (χ0v) is 13.3. The van der Waals surface area contributed by atoms with Gasteiger partial charge in [-0.2, -0.15) is 4.99 Å². The van der Waals surface area contributed by atoms with Gasteiger partial charge in [0.05, 0.1) is 15.1 Å². The number of carbonyl (C=O) groups excluding carboxylic acids is 1. The monoisotopic (exact) mass is 327 g/mol. The summed E-state index contributed by atoms with van der Waals surface area (Å²) in [5, 5.41) is 10.8. The molecule has 0 spiro atoms. The van der Waals surface area contributed by atoms with Crippen molar-refractivity contribution in [2.24, 2.45) is 12.0 Å². The average Bonchev–Trinajstić information content (AvgIpc) is 2.82. The highest BCUT2D eigenvalue weighted by Gasteiger charge is 2.11. The summed E-state index contributed by atoms with van der Waals surface area (Å²) in [7, 11) is 1.84. The number of non-ortho nitro benzene ring substituents is 1. The van der Waals surface area contributed by atoms with E-state index in [0.29, 0.717) is 4.80 Å². The fraction of sp³-hybridized carbons (Fsp3) is 0.125. The van der Waals surface area contributed by atoms with Crippen LogP contribution in [0.5, 0.6) is 0 Å². The van der Waals surface area contributed by atoms with Crippen molar-refractivity contribution in [2.45, 2.75) is 6.92 Å². The molecule has 2 aromatic carbocycles. The zero-order valence-electron chi connectivity index (χ0n) is 12.5. The van der Waals surface area contributed by atoms with Gasteiger partial charge in [-0.3, -0.25) is 14.9 Å². The first-order valence-corrected chi connectivity index (χ1v) is 7.67. The maximum absolute atomic E-state index is 12.3. The first-order valence-electron chi connectivity index (χ1n) is 6.85. The fourth-order valence-corrected chi connectivity index (χ4v) is 3.37. The van der Waals surface area contributed by atoms with E-state index in [-0.39, 0.29) is 11.3 Å². The number of amides is 1. The van der Waals surface area contributed by atoms with Crippen LogP contribution in [0.25, 0.3) is 10.2 Å². The van der Waals surface area contributed by atoms with Gasteiger partial charge in [-0.05, 0) is 30.7 Å². The van der Waals surface area contributed by atoms with Crippen molar-refractivity contribution >= 4 is 33.1 Å². The summed E-state index contributed by atoms with van der Waals surface area (Å²) in [5.74, 6) is -0.493. The Balaban J connectivity index is 2.07. The Morgan fingerprint density at radius 3 is 2.78 bits per heavy atom. The summed E-state index contributed by atoms with van der Waals surface area (Å²) in [4.78, 5) is 27.2. The van der Waals surface area contributed by atoms with E-state index < -0.39 is 10.8 Å². The van der Waals surface area contributed by atoms with Gasteiger partial charge in [0.2, 0.25) is 0 Å². The summed E-state index contributed by atoms with van der Waals surface area (Å²) < 4.78 is 2.88. The summed E-state index contributed by atoms with van der Waals surface area (Å²) >= 11 is 1.41. The maximum Gasteiger partial charge on any atom is 0.279 e. The lowest BCUT2D eigenvalue weighted by molar-refractivity contribution is -0.384. The van der Waals surface area contributed by atoms with Crippen LogP contribution in [0, 0.1) is 17.0 Å². The van der Waals surface area contributed by atoms with Gasteiger partial charge in [0.15, 0.2) is 4.80 Å². The molecule has 0 unspecified atom stereocenters. The molecule has 0 N–H and O–H groups in total. The minimum absolute atomic E-state index is 0.123. The van der Waals surface area contributed by atoms with Crippen LogP contribution in [0.3, 0.4) is 0 Å². The fourth-order valence-electron chi connectivity index (χ4n) is 2.25. The number of nitro groups is 1. The number of carbonyl (C=O) groups is 1. The zero-order chi connectivity index (χ0) is 16.6. The molecule has 0 fully saturated rings. The van der Waals surface area contributed by atoms with Crippen molar-refractivity contribution in [1.82, 2.24) is 4.57 Å². The lowest BCUT2D eigenvalue weighted by atomic mass is 10.2. The molecular weight excluding hydrogens is 314 g/mol. The van der Waals surface area contributed by atoms with E-state index in [2.05, 4.69) is 4.99 Å². The highest BCUT2D eigenvalue weighted by atomic mass is 32.1. The van der Waals surface area contributed by atoms with Crippen molar-refractivity contribution in [3.05, 3.63) is 68.5 Å². The van der Waals surface area contributed by atoms with Crippen molar-refractivity contribution in [2.75, 3.05) is 0 Å². The molecule has 1 aromatic heterocycles. The molecule has 0 atom stereocenters. The van der Waals surface area contributed by atoms with Crippen LogP contribution < -0.4 is 4.80 Å². The second-order valence-corrected chi connectivity index (χ2v) is 6.15. The second-order valence-electron chi connectivity index (χ2n) is 5.14. The van der Waals surface area contributed by atoms with E-state index in [0.717, 1.165) is 15.8 Å². The quantitative estimate of drug-likeness (QED) is 0.535. The number of nitro benzene ring substituents is 1. The molecule has 23 heavy (non-hydrogen) atoms. The SMILES string of the molecule is Cc1ccc2c(c1)sc(=NC(=O)c1cccc([N+](=O)[O-])c1)n2C. The molecule has 0 aliphatic carbocycles. The largest absolute Gasteiger partial charge is 0.319 e. The van der Waals surface area contributed by atoms with Crippen molar-refractivity contribution in [3.8, 4) is 0 Å². The lowest BCUT2D eigenvalue weighted by Gasteiger charge is -1.97. The van der Waals surface area contributed by atoms with Crippen LogP contribution in [0.2, 0.25) is 0 Å². The first-order chi connectivity index (χ1) is 11.0. The summed E-state index contributed by atoms with van der Waals surface area (Å²) in [6, 6.07) is 11.6. The van der Waals surface area contributed by atoms with Gasteiger partial charge >= 0.3 is 0 Å². The number of hydrogen-bond acceptors (Lipinski definition) is 4. The van der Waals surface area contributed by atoms with Gasteiger partial charge in [-0.25, -0.2) is 0 Å². The minimum atomic E-state index is -0.529. The van der Waals surface area contributed by atoms with Crippen molar-refractivity contribution in [1.29, 1.82) is 0 Å². The molecule has 0 saturated carbocycles. The van der Waals surface area contributed by atoms with Gasteiger partial charge in [0.25, 0.3) is 11.6 Å². The summed E-state index contributed by atoms with van der Waals surface area (Å²) in [5.41, 5.74) is 2.21. The molecule has 3 rings (SSSR count). The molecule has 1 heterocycles. The first kappa shape index (κ1) is 15.1. The molecule has 0 aliphatic heterocycles. The molecule has 116 valence electrons. The number of nitrogens with zero attached hydrogens (tertiary/aromatic N) is 3. The second kappa shape index (κ2) is 5.77. The molecule has 0 bridgehead atoms. The van der Waals surface area contributed by atoms with Crippen LogP contribution >= 0.6 is 11.3 Å². The number of benzene rings is 2. The Morgan fingerprint density at radius 2 is 2.04 bits per heavy atom. The number of rotatable bonds is 2. The van der Waals surface area contributed by atoms with Gasteiger partial charge in [-0.1, -0.05) is 23.5 Å². The van der Waals surface area contributed by atoms with E-state index in [1.807, 2.05) is 36.7 Å². The summed E-state index contributed by atoms with van der Waals surface area (Å²) in [6.45, 7) is 2.00. The van der Waals surface area contributed by atoms with Gasteiger partial charge in [0.1, 0.15) is 0 Å². The highest BCUT2D eigenvalue weighted by molar-refractivity contribution is 7.16.